The van der Waals surface area contributed by atoms with Crippen LogP contribution in [0.4, 0.5) is 0 Å². The molecule has 0 bridgehead atoms. The summed E-state index contributed by atoms with van der Waals surface area (Å²) < 4.78 is 2.58. The molecule has 1 nitrogen and oxygen atoms in total. The number of hydrogen-bond donors (Lipinski definition) is 0. The van der Waals surface area contributed by atoms with Gasteiger partial charge in [-0.3, -0.25) is 0 Å². The second kappa shape index (κ2) is 10.3. The maximum absolute atomic E-state index is 2.58. The van der Waals surface area contributed by atoms with Gasteiger partial charge < -0.3 is 4.57 Å². The fourth-order valence-electron chi connectivity index (χ4n) is 1.66. The van der Waals surface area contributed by atoms with Crippen molar-refractivity contribution in [2.24, 2.45) is 0 Å². The van der Waals surface area contributed by atoms with Crippen molar-refractivity contribution >= 4 is 10.4 Å². The van der Waals surface area contributed by atoms with E-state index in [4.69, 9.17) is 0 Å². The molecule has 0 aromatic heterocycles. The topological polar surface area (TPSA) is 3.24 Å². The SMILES string of the molecule is CCCCCCCCN([SiH3])CCC. The van der Waals surface area contributed by atoms with E-state index in [9.17, 15) is 0 Å². The third-order valence-electron chi connectivity index (χ3n) is 2.50. The lowest BCUT2D eigenvalue weighted by atomic mass is 10.1. The third-order valence-corrected chi connectivity index (χ3v) is 3.39. The lowest BCUT2D eigenvalue weighted by Gasteiger charge is -2.15. The summed E-state index contributed by atoms with van der Waals surface area (Å²) in [7, 11) is 1.25. The van der Waals surface area contributed by atoms with E-state index < -0.39 is 0 Å². The highest BCUT2D eigenvalue weighted by atomic mass is 28.2. The molecule has 0 aliphatic carbocycles. The molecule has 0 saturated carbocycles. The van der Waals surface area contributed by atoms with Crippen LogP contribution in [0, 0.1) is 0 Å². The fraction of sp³-hybridized carbons (Fsp3) is 1.00. The van der Waals surface area contributed by atoms with Gasteiger partial charge in [-0.15, -0.1) is 0 Å². The molecule has 0 atom stereocenters. The summed E-state index contributed by atoms with van der Waals surface area (Å²) in [6.45, 7) is 7.22. The molecule has 0 N–H and O–H groups in total. The second-order valence-electron chi connectivity index (χ2n) is 4.07. The van der Waals surface area contributed by atoms with Gasteiger partial charge in [0, 0.05) is 0 Å². The van der Waals surface area contributed by atoms with E-state index in [-0.39, 0.29) is 0 Å². The Kier molecular flexibility index (Phi) is 10.4. The molecule has 0 unspecified atom stereocenters. The van der Waals surface area contributed by atoms with Gasteiger partial charge in [-0.25, -0.2) is 0 Å². The Hall–Kier alpha value is 0.177. The standard InChI is InChI=1S/C11H27NSi/c1-3-5-6-7-8-9-11-12(13)10-4-2/h3-11H2,1-2,13H3. The summed E-state index contributed by atoms with van der Waals surface area (Å²) in [5, 5.41) is 0. The van der Waals surface area contributed by atoms with Crippen LogP contribution < -0.4 is 0 Å². The highest BCUT2D eigenvalue weighted by molar-refractivity contribution is 6.04. The van der Waals surface area contributed by atoms with E-state index >= 15 is 0 Å². The quantitative estimate of drug-likeness (QED) is 0.409. The molecule has 0 aliphatic heterocycles. The number of unbranched alkanes of at least 4 members (excludes halogenated alkanes) is 5. The van der Waals surface area contributed by atoms with Crippen LogP contribution in [0.1, 0.15) is 58.8 Å². The maximum Gasteiger partial charge on any atom is 0.0784 e. The van der Waals surface area contributed by atoms with Crippen LogP contribution >= 0.6 is 0 Å². The first-order chi connectivity index (χ1) is 6.31. The first-order valence-electron chi connectivity index (χ1n) is 5.99. The Balaban J connectivity index is 2.97. The zero-order chi connectivity index (χ0) is 9.94. The molecule has 0 radical (unpaired) electrons. The van der Waals surface area contributed by atoms with Crippen molar-refractivity contribution in [3.05, 3.63) is 0 Å². The fourth-order valence-corrected chi connectivity index (χ4v) is 2.42. The third kappa shape index (κ3) is 10.1. The molecule has 0 aromatic carbocycles. The summed E-state index contributed by atoms with van der Waals surface area (Å²) in [6, 6.07) is 0. The normalized spacial score (nSPS) is 11.3. The van der Waals surface area contributed by atoms with Gasteiger partial charge >= 0.3 is 0 Å². The maximum atomic E-state index is 2.58. The minimum Gasteiger partial charge on any atom is -0.332 e. The lowest BCUT2D eigenvalue weighted by molar-refractivity contribution is 0.428. The van der Waals surface area contributed by atoms with Crippen LogP contribution in [0.15, 0.2) is 0 Å². The van der Waals surface area contributed by atoms with Gasteiger partial charge in [-0.1, -0.05) is 46.0 Å². The van der Waals surface area contributed by atoms with E-state index in [1.807, 2.05) is 0 Å². The summed E-state index contributed by atoms with van der Waals surface area (Å²) >= 11 is 0. The molecule has 0 heterocycles. The lowest BCUT2D eigenvalue weighted by Crippen LogP contribution is -2.22. The first kappa shape index (κ1) is 13.2. The zero-order valence-corrected chi connectivity index (χ0v) is 11.8. The van der Waals surface area contributed by atoms with Gasteiger partial charge in [0.25, 0.3) is 0 Å². The van der Waals surface area contributed by atoms with Gasteiger partial charge in [0.05, 0.1) is 10.4 Å². The van der Waals surface area contributed by atoms with Gasteiger partial charge in [-0.2, -0.15) is 0 Å². The largest absolute Gasteiger partial charge is 0.332 e. The first-order valence-corrected chi connectivity index (χ1v) is 6.89. The van der Waals surface area contributed by atoms with Crippen molar-refractivity contribution in [1.82, 2.24) is 4.57 Å². The average molecular weight is 201 g/mol. The Bertz CT molecular complexity index is 96.1. The molecule has 0 aromatic rings. The monoisotopic (exact) mass is 201 g/mol. The van der Waals surface area contributed by atoms with Crippen LogP contribution in [0.5, 0.6) is 0 Å². The molecule has 0 aliphatic rings. The Labute approximate surface area is 87.4 Å². The van der Waals surface area contributed by atoms with Crippen molar-refractivity contribution in [2.75, 3.05) is 13.1 Å². The van der Waals surface area contributed by atoms with Gasteiger partial charge in [0.1, 0.15) is 0 Å². The number of hydrogen-bond acceptors (Lipinski definition) is 1. The van der Waals surface area contributed by atoms with E-state index in [2.05, 4.69) is 18.4 Å². The number of nitrogens with zero attached hydrogens (tertiary/aromatic N) is 1. The van der Waals surface area contributed by atoms with Crippen LogP contribution in [0.3, 0.4) is 0 Å². The Morgan fingerprint density at radius 1 is 0.769 bits per heavy atom. The molecular formula is C11H27NSi. The molecule has 0 spiro atoms. The summed E-state index contributed by atoms with van der Waals surface area (Å²) in [5.41, 5.74) is 0. The number of rotatable bonds is 9. The van der Waals surface area contributed by atoms with Crippen molar-refractivity contribution in [3.63, 3.8) is 0 Å². The van der Waals surface area contributed by atoms with Crippen molar-refractivity contribution in [2.45, 2.75) is 58.8 Å². The van der Waals surface area contributed by atoms with Crippen LogP contribution in [-0.4, -0.2) is 28.1 Å². The second-order valence-corrected chi connectivity index (χ2v) is 5.34. The Morgan fingerprint density at radius 3 is 2.00 bits per heavy atom. The molecule has 0 saturated heterocycles. The van der Waals surface area contributed by atoms with E-state index in [1.165, 1.54) is 68.4 Å². The molecule has 0 amide bonds. The van der Waals surface area contributed by atoms with E-state index in [0.717, 1.165) is 0 Å². The summed E-state index contributed by atoms with van der Waals surface area (Å²) in [6.07, 6.45) is 9.89. The predicted molar refractivity (Wildman–Crippen MR) is 65.2 cm³/mol. The average Bonchev–Trinajstić information content (AvgIpc) is 2.11. The highest BCUT2D eigenvalue weighted by Gasteiger charge is 1.95. The summed E-state index contributed by atoms with van der Waals surface area (Å²) in [4.78, 5) is 0. The van der Waals surface area contributed by atoms with Crippen LogP contribution in [0.2, 0.25) is 0 Å². The zero-order valence-electron chi connectivity index (χ0n) is 9.81. The predicted octanol–water partition coefficient (Wildman–Crippen LogP) is 2.34. The molecule has 80 valence electrons. The summed E-state index contributed by atoms with van der Waals surface area (Å²) in [5.74, 6) is 0. The highest BCUT2D eigenvalue weighted by Crippen LogP contribution is 2.05. The molecule has 13 heavy (non-hydrogen) atoms. The van der Waals surface area contributed by atoms with Gasteiger partial charge in [0.15, 0.2) is 0 Å². The minimum atomic E-state index is 1.25. The molecule has 0 fully saturated rings. The van der Waals surface area contributed by atoms with Gasteiger partial charge in [-0.05, 0) is 25.9 Å². The van der Waals surface area contributed by atoms with E-state index in [0.29, 0.717) is 0 Å². The smallest absolute Gasteiger partial charge is 0.0784 e. The molecular weight excluding hydrogens is 174 g/mol. The van der Waals surface area contributed by atoms with Crippen molar-refractivity contribution < 1.29 is 0 Å². The minimum absolute atomic E-state index is 1.25. The molecule has 2 heteroatoms. The Morgan fingerprint density at radius 2 is 1.38 bits per heavy atom. The van der Waals surface area contributed by atoms with Crippen molar-refractivity contribution in [1.29, 1.82) is 0 Å². The van der Waals surface area contributed by atoms with E-state index in [1.54, 1.807) is 0 Å². The van der Waals surface area contributed by atoms with Crippen LogP contribution in [-0.2, 0) is 0 Å². The van der Waals surface area contributed by atoms with Gasteiger partial charge in [0.2, 0.25) is 0 Å². The van der Waals surface area contributed by atoms with Crippen molar-refractivity contribution in [3.8, 4) is 0 Å². The van der Waals surface area contributed by atoms with Crippen LogP contribution in [0.25, 0.3) is 0 Å². The molecule has 0 rings (SSSR count).